The van der Waals surface area contributed by atoms with Crippen LogP contribution in [-0.4, -0.2) is 43.3 Å². The van der Waals surface area contributed by atoms with E-state index in [1.54, 1.807) is 40.6 Å². The molecule has 0 saturated carbocycles. The second-order valence-corrected chi connectivity index (χ2v) is 6.38. The molecule has 23 heavy (non-hydrogen) atoms. The Morgan fingerprint density at radius 1 is 1.35 bits per heavy atom. The van der Waals surface area contributed by atoms with Crippen molar-refractivity contribution in [1.29, 1.82) is 5.41 Å². The van der Waals surface area contributed by atoms with Crippen LogP contribution in [-0.2, 0) is 9.39 Å². The van der Waals surface area contributed by atoms with Crippen LogP contribution < -0.4 is 5.32 Å². The monoisotopic (exact) mass is 321 g/mol. The molecule has 1 unspecified atom stereocenters. The summed E-state index contributed by atoms with van der Waals surface area (Å²) in [6.07, 6.45) is 4.45. The Morgan fingerprint density at radius 3 is 2.30 bits per heavy atom. The van der Waals surface area contributed by atoms with Crippen LogP contribution in [0.1, 0.15) is 41.5 Å². The molecule has 1 radical (unpaired) electrons. The summed E-state index contributed by atoms with van der Waals surface area (Å²) in [6.45, 7) is 14.4. The molecule has 0 fully saturated rings. The fraction of sp³-hybridized carbons (Fsp3) is 0.588. The molecular formula is C17H30BN2O3. The maximum Gasteiger partial charge on any atom is 0.327 e. The molecule has 0 aromatic rings. The van der Waals surface area contributed by atoms with Gasteiger partial charge in [0.1, 0.15) is 6.23 Å². The fourth-order valence-corrected chi connectivity index (χ4v) is 1.46. The van der Waals surface area contributed by atoms with E-state index in [4.69, 9.17) is 14.8 Å². The summed E-state index contributed by atoms with van der Waals surface area (Å²) >= 11 is 0. The average molecular weight is 321 g/mol. The van der Waals surface area contributed by atoms with Crippen molar-refractivity contribution in [2.45, 2.75) is 59.0 Å². The van der Waals surface area contributed by atoms with Gasteiger partial charge in [-0.15, -0.1) is 0 Å². The van der Waals surface area contributed by atoms with Crippen LogP contribution in [0.15, 0.2) is 35.5 Å². The molecule has 0 amide bonds. The maximum atomic E-state index is 10.1. The van der Waals surface area contributed by atoms with Crippen molar-refractivity contribution in [3.63, 3.8) is 0 Å². The third-order valence-electron chi connectivity index (χ3n) is 3.86. The quantitative estimate of drug-likeness (QED) is 0.250. The van der Waals surface area contributed by atoms with Gasteiger partial charge in [-0.05, 0) is 47.6 Å². The summed E-state index contributed by atoms with van der Waals surface area (Å²) in [5.74, 6) is 0. The molecule has 0 saturated heterocycles. The predicted octanol–water partition coefficient (Wildman–Crippen LogP) is 2.75. The number of allylic oxidation sites excluding steroid dienone is 4. The van der Waals surface area contributed by atoms with Gasteiger partial charge in [-0.3, -0.25) is 0 Å². The van der Waals surface area contributed by atoms with Gasteiger partial charge in [0, 0.05) is 24.6 Å². The number of ether oxygens (including phenoxy) is 1. The normalized spacial score (nSPS) is 15.6. The minimum absolute atomic E-state index is 0.210. The first-order chi connectivity index (χ1) is 10.5. The minimum atomic E-state index is -1.00. The summed E-state index contributed by atoms with van der Waals surface area (Å²) in [4.78, 5) is 0. The Balaban J connectivity index is 5.36. The van der Waals surface area contributed by atoms with Gasteiger partial charge in [-0.1, -0.05) is 18.1 Å². The molecule has 0 heterocycles. The van der Waals surface area contributed by atoms with Crippen LogP contribution in [0.3, 0.4) is 0 Å². The van der Waals surface area contributed by atoms with Crippen molar-refractivity contribution in [3.8, 4) is 0 Å². The lowest BCUT2D eigenvalue weighted by atomic mass is 9.80. The second kappa shape index (κ2) is 9.06. The molecule has 0 aliphatic carbocycles. The van der Waals surface area contributed by atoms with E-state index in [1.807, 2.05) is 27.7 Å². The summed E-state index contributed by atoms with van der Waals surface area (Å²) in [5.41, 5.74) is 0.345. The Hall–Kier alpha value is -1.37. The first-order valence-electron chi connectivity index (χ1n) is 7.57. The summed E-state index contributed by atoms with van der Waals surface area (Å²) in [6, 6.07) is 0. The number of methoxy groups -OCH3 is 1. The van der Waals surface area contributed by atoms with Crippen molar-refractivity contribution in [1.82, 2.24) is 5.32 Å². The molecule has 6 heteroatoms. The van der Waals surface area contributed by atoms with E-state index in [1.165, 1.54) is 6.21 Å². The standard InChI is InChI=1S/C17H30BN2O3/c1-9-10-15(20-13(3)22-8)14(11-19)12(2)18-23-17(6,7)16(4,5)21/h9-11,13,19-21H,1H2,2-8H3/b14-12+,15-10+,19-11?. The van der Waals surface area contributed by atoms with E-state index >= 15 is 0 Å². The third-order valence-corrected chi connectivity index (χ3v) is 3.86. The second-order valence-electron chi connectivity index (χ2n) is 6.38. The molecular weight excluding hydrogens is 291 g/mol. The molecule has 0 aliphatic heterocycles. The molecule has 0 aromatic heterocycles. The third kappa shape index (κ3) is 6.73. The van der Waals surface area contributed by atoms with Crippen molar-refractivity contribution >= 4 is 13.7 Å². The topological polar surface area (TPSA) is 74.6 Å². The highest BCUT2D eigenvalue weighted by Crippen LogP contribution is 2.25. The highest BCUT2D eigenvalue weighted by molar-refractivity contribution is 6.39. The molecule has 129 valence electrons. The number of hydrogen-bond donors (Lipinski definition) is 3. The van der Waals surface area contributed by atoms with Crippen LogP contribution >= 0.6 is 0 Å². The van der Waals surface area contributed by atoms with Crippen molar-refractivity contribution in [2.75, 3.05) is 7.11 Å². The van der Waals surface area contributed by atoms with E-state index in [-0.39, 0.29) is 6.23 Å². The fourth-order valence-electron chi connectivity index (χ4n) is 1.46. The predicted molar refractivity (Wildman–Crippen MR) is 96.6 cm³/mol. The van der Waals surface area contributed by atoms with Crippen LogP contribution in [0, 0.1) is 5.41 Å². The SMILES string of the molecule is C=C/C=C(NC(C)OC)\C(C=N)=C(/C)[B]OC(C)(C)C(C)(C)O. The summed E-state index contributed by atoms with van der Waals surface area (Å²) < 4.78 is 11.0. The number of aliphatic hydroxyl groups is 1. The van der Waals surface area contributed by atoms with E-state index in [0.717, 1.165) is 5.47 Å². The van der Waals surface area contributed by atoms with Gasteiger partial charge in [-0.2, -0.15) is 0 Å². The molecule has 1 atom stereocenters. The first-order valence-corrected chi connectivity index (χ1v) is 7.57. The van der Waals surface area contributed by atoms with Crippen molar-refractivity contribution in [2.24, 2.45) is 0 Å². The van der Waals surface area contributed by atoms with Gasteiger partial charge in [-0.25, -0.2) is 0 Å². The minimum Gasteiger partial charge on any atom is -0.427 e. The molecule has 0 spiro atoms. The van der Waals surface area contributed by atoms with E-state index in [9.17, 15) is 5.11 Å². The zero-order valence-electron chi connectivity index (χ0n) is 15.4. The Morgan fingerprint density at radius 2 is 1.91 bits per heavy atom. The van der Waals surface area contributed by atoms with Crippen molar-refractivity contribution in [3.05, 3.63) is 35.5 Å². The molecule has 3 N–H and O–H groups in total. The highest BCUT2D eigenvalue weighted by atomic mass is 16.5. The van der Waals surface area contributed by atoms with E-state index < -0.39 is 11.2 Å². The molecule has 5 nitrogen and oxygen atoms in total. The lowest BCUT2D eigenvalue weighted by molar-refractivity contribution is -0.0897. The maximum absolute atomic E-state index is 10.1. The number of rotatable bonds is 10. The zero-order chi connectivity index (χ0) is 18.3. The van der Waals surface area contributed by atoms with Crippen LogP contribution in [0.2, 0.25) is 0 Å². The van der Waals surface area contributed by atoms with Gasteiger partial charge < -0.3 is 25.2 Å². The lowest BCUT2D eigenvalue weighted by Crippen LogP contribution is -2.48. The Kier molecular flexibility index (Phi) is 8.52. The Labute approximate surface area is 141 Å². The number of hydrogen-bond acceptors (Lipinski definition) is 5. The lowest BCUT2D eigenvalue weighted by Gasteiger charge is -2.37. The molecule has 0 aromatic carbocycles. The zero-order valence-corrected chi connectivity index (χ0v) is 15.4. The largest absolute Gasteiger partial charge is 0.427 e. The van der Waals surface area contributed by atoms with Gasteiger partial charge in [0.05, 0.1) is 11.2 Å². The highest BCUT2D eigenvalue weighted by Gasteiger charge is 2.35. The van der Waals surface area contributed by atoms with E-state index in [0.29, 0.717) is 11.3 Å². The summed E-state index contributed by atoms with van der Waals surface area (Å²) in [7, 11) is 3.17. The molecule has 0 rings (SSSR count). The summed E-state index contributed by atoms with van der Waals surface area (Å²) in [5, 5.41) is 21.0. The van der Waals surface area contributed by atoms with E-state index in [2.05, 4.69) is 11.9 Å². The van der Waals surface area contributed by atoms with Crippen LogP contribution in [0.5, 0.6) is 0 Å². The van der Waals surface area contributed by atoms with Gasteiger partial charge >= 0.3 is 7.48 Å². The van der Waals surface area contributed by atoms with Gasteiger partial charge in [0.25, 0.3) is 0 Å². The Bertz CT molecular complexity index is 477. The van der Waals surface area contributed by atoms with Crippen LogP contribution in [0.25, 0.3) is 0 Å². The van der Waals surface area contributed by atoms with Crippen LogP contribution in [0.4, 0.5) is 0 Å². The van der Waals surface area contributed by atoms with Gasteiger partial charge in [0.2, 0.25) is 0 Å². The smallest absolute Gasteiger partial charge is 0.327 e. The van der Waals surface area contributed by atoms with Gasteiger partial charge in [0.15, 0.2) is 0 Å². The molecule has 0 aliphatic rings. The number of nitrogens with one attached hydrogen (secondary N) is 2. The molecule has 0 bridgehead atoms. The van der Waals surface area contributed by atoms with Crippen molar-refractivity contribution < 1.29 is 14.5 Å². The average Bonchev–Trinajstić information content (AvgIpc) is 2.44. The first kappa shape index (κ1) is 21.6.